The summed E-state index contributed by atoms with van der Waals surface area (Å²) in [6.45, 7) is 3.64. The van der Waals surface area contributed by atoms with Gasteiger partial charge in [-0.3, -0.25) is 0 Å². The molecular formula is C9H14N2O3S. The van der Waals surface area contributed by atoms with E-state index < -0.39 is 10.0 Å². The third-order valence-corrected chi connectivity index (χ3v) is 2.66. The van der Waals surface area contributed by atoms with E-state index in [-0.39, 0.29) is 16.7 Å². The molecule has 0 spiro atoms. The minimum Gasteiger partial charge on any atom is -0.489 e. The summed E-state index contributed by atoms with van der Waals surface area (Å²) in [5.41, 5.74) is 5.68. The van der Waals surface area contributed by atoms with Crippen molar-refractivity contribution in [2.24, 2.45) is 5.14 Å². The Morgan fingerprint density at radius 3 is 2.40 bits per heavy atom. The summed E-state index contributed by atoms with van der Waals surface area (Å²) < 4.78 is 27.6. The molecule has 6 heteroatoms. The molecule has 0 aliphatic heterocycles. The highest BCUT2D eigenvalue weighted by Crippen LogP contribution is 2.28. The number of nitrogen functional groups attached to an aromatic ring is 1. The van der Waals surface area contributed by atoms with Gasteiger partial charge >= 0.3 is 0 Å². The van der Waals surface area contributed by atoms with Crippen LogP contribution in [0.2, 0.25) is 0 Å². The summed E-state index contributed by atoms with van der Waals surface area (Å²) in [6, 6.07) is 4.48. The van der Waals surface area contributed by atoms with Gasteiger partial charge in [0.15, 0.2) is 0 Å². The van der Waals surface area contributed by atoms with Crippen LogP contribution in [0.15, 0.2) is 23.1 Å². The molecule has 84 valence electrons. The number of para-hydroxylation sites is 1. The topological polar surface area (TPSA) is 95.4 Å². The summed E-state index contributed by atoms with van der Waals surface area (Å²) in [6.07, 6.45) is -0.0805. The van der Waals surface area contributed by atoms with E-state index in [1.165, 1.54) is 12.1 Å². The predicted octanol–water partition coefficient (Wildman–Crippen LogP) is 0.703. The molecule has 0 aliphatic rings. The van der Waals surface area contributed by atoms with Gasteiger partial charge in [-0.2, -0.15) is 0 Å². The summed E-state index contributed by atoms with van der Waals surface area (Å²) in [7, 11) is -3.80. The van der Waals surface area contributed by atoms with Crippen molar-refractivity contribution in [2.45, 2.75) is 24.8 Å². The Morgan fingerprint density at radius 2 is 1.93 bits per heavy atom. The van der Waals surface area contributed by atoms with Gasteiger partial charge in [0.05, 0.1) is 11.8 Å². The van der Waals surface area contributed by atoms with Crippen LogP contribution in [0.1, 0.15) is 13.8 Å². The van der Waals surface area contributed by atoms with Crippen molar-refractivity contribution < 1.29 is 13.2 Å². The minimum absolute atomic E-state index is 0.0497. The van der Waals surface area contributed by atoms with E-state index in [1.807, 2.05) is 13.8 Å². The highest BCUT2D eigenvalue weighted by Gasteiger charge is 2.15. The lowest BCUT2D eigenvalue weighted by Crippen LogP contribution is -2.16. The second-order valence-electron chi connectivity index (χ2n) is 3.38. The molecule has 0 aromatic heterocycles. The van der Waals surface area contributed by atoms with Crippen molar-refractivity contribution in [2.75, 3.05) is 5.73 Å². The fourth-order valence-corrected chi connectivity index (χ4v) is 1.80. The molecule has 1 aromatic rings. The van der Waals surface area contributed by atoms with Crippen molar-refractivity contribution in [3.63, 3.8) is 0 Å². The normalized spacial score (nSPS) is 11.7. The van der Waals surface area contributed by atoms with E-state index >= 15 is 0 Å². The smallest absolute Gasteiger partial charge is 0.240 e. The van der Waals surface area contributed by atoms with E-state index in [9.17, 15) is 8.42 Å². The maximum Gasteiger partial charge on any atom is 0.240 e. The van der Waals surface area contributed by atoms with Crippen LogP contribution >= 0.6 is 0 Å². The number of ether oxygens (including phenoxy) is 1. The highest BCUT2D eigenvalue weighted by atomic mass is 32.2. The Balaban J connectivity index is 3.24. The van der Waals surface area contributed by atoms with Gasteiger partial charge < -0.3 is 10.5 Å². The van der Waals surface area contributed by atoms with Crippen LogP contribution in [0.3, 0.4) is 0 Å². The first kappa shape index (κ1) is 11.8. The number of hydrogen-bond donors (Lipinski definition) is 2. The lowest BCUT2D eigenvalue weighted by atomic mass is 10.3. The van der Waals surface area contributed by atoms with E-state index in [2.05, 4.69) is 0 Å². The lowest BCUT2D eigenvalue weighted by molar-refractivity contribution is 0.243. The number of sulfonamides is 1. The molecule has 0 fully saturated rings. The number of rotatable bonds is 3. The van der Waals surface area contributed by atoms with Crippen molar-refractivity contribution in [1.29, 1.82) is 0 Å². The molecule has 0 aliphatic carbocycles. The second-order valence-corrected chi connectivity index (χ2v) is 4.91. The van der Waals surface area contributed by atoms with Crippen LogP contribution in [0.4, 0.5) is 5.69 Å². The number of benzene rings is 1. The SMILES string of the molecule is CC(C)Oc1cccc(S(N)(=O)=O)c1N. The number of nitrogens with two attached hydrogens (primary N) is 2. The van der Waals surface area contributed by atoms with Gasteiger partial charge in [-0.25, -0.2) is 13.6 Å². The molecule has 0 heterocycles. The molecule has 4 N–H and O–H groups in total. The molecule has 0 atom stereocenters. The van der Waals surface area contributed by atoms with Crippen molar-refractivity contribution in [1.82, 2.24) is 0 Å². The highest BCUT2D eigenvalue weighted by molar-refractivity contribution is 7.89. The van der Waals surface area contributed by atoms with E-state index in [0.717, 1.165) is 0 Å². The third kappa shape index (κ3) is 2.84. The minimum atomic E-state index is -3.80. The average molecular weight is 230 g/mol. The molecule has 0 saturated heterocycles. The zero-order valence-corrected chi connectivity index (χ0v) is 9.41. The lowest BCUT2D eigenvalue weighted by Gasteiger charge is -2.13. The number of primary sulfonamides is 1. The first-order chi connectivity index (χ1) is 6.82. The quantitative estimate of drug-likeness (QED) is 0.747. The Morgan fingerprint density at radius 1 is 1.33 bits per heavy atom. The average Bonchev–Trinajstić information content (AvgIpc) is 2.05. The van der Waals surface area contributed by atoms with Crippen LogP contribution in [-0.2, 0) is 10.0 Å². The Kier molecular flexibility index (Phi) is 3.21. The predicted molar refractivity (Wildman–Crippen MR) is 58.0 cm³/mol. The first-order valence-corrected chi connectivity index (χ1v) is 5.95. The zero-order chi connectivity index (χ0) is 11.6. The fraction of sp³-hybridized carbons (Fsp3) is 0.333. The Hall–Kier alpha value is -1.27. The maximum atomic E-state index is 11.1. The Bertz CT molecular complexity index is 454. The third-order valence-electron chi connectivity index (χ3n) is 1.70. The molecule has 0 bridgehead atoms. The largest absolute Gasteiger partial charge is 0.489 e. The van der Waals surface area contributed by atoms with Crippen molar-refractivity contribution in [3.05, 3.63) is 18.2 Å². The van der Waals surface area contributed by atoms with Gasteiger partial charge in [0, 0.05) is 0 Å². The first-order valence-electron chi connectivity index (χ1n) is 4.40. The summed E-state index contributed by atoms with van der Waals surface area (Å²) in [4.78, 5) is -0.111. The van der Waals surface area contributed by atoms with E-state index in [4.69, 9.17) is 15.6 Å². The molecule has 5 nitrogen and oxygen atoms in total. The zero-order valence-electron chi connectivity index (χ0n) is 8.60. The standard InChI is InChI=1S/C9H14N2O3S/c1-6(2)14-7-4-3-5-8(9(7)10)15(11,12)13/h3-6H,10H2,1-2H3,(H2,11,12,13). The van der Waals surface area contributed by atoms with Crippen molar-refractivity contribution >= 4 is 15.7 Å². The van der Waals surface area contributed by atoms with Gasteiger partial charge in [-0.15, -0.1) is 0 Å². The Labute approximate surface area is 89.1 Å². The maximum absolute atomic E-state index is 11.1. The van der Waals surface area contributed by atoms with Crippen LogP contribution in [0.25, 0.3) is 0 Å². The fourth-order valence-electron chi connectivity index (χ4n) is 1.13. The van der Waals surface area contributed by atoms with Crippen LogP contribution in [-0.4, -0.2) is 14.5 Å². The summed E-state index contributed by atoms with van der Waals surface area (Å²) in [5, 5.41) is 4.99. The van der Waals surface area contributed by atoms with Crippen molar-refractivity contribution in [3.8, 4) is 5.75 Å². The van der Waals surface area contributed by atoms with Gasteiger partial charge in [-0.05, 0) is 26.0 Å². The van der Waals surface area contributed by atoms with Crippen LogP contribution in [0.5, 0.6) is 5.75 Å². The number of anilines is 1. The molecule has 0 amide bonds. The monoisotopic (exact) mass is 230 g/mol. The van der Waals surface area contributed by atoms with Gasteiger partial charge in [0.1, 0.15) is 10.6 Å². The van der Waals surface area contributed by atoms with Gasteiger partial charge in [0.25, 0.3) is 0 Å². The van der Waals surface area contributed by atoms with Gasteiger partial charge in [0.2, 0.25) is 10.0 Å². The summed E-state index contributed by atoms with van der Waals surface area (Å²) >= 11 is 0. The molecule has 15 heavy (non-hydrogen) atoms. The van der Waals surface area contributed by atoms with Crippen LogP contribution in [0, 0.1) is 0 Å². The van der Waals surface area contributed by atoms with Gasteiger partial charge in [-0.1, -0.05) is 6.07 Å². The molecule has 0 saturated carbocycles. The molecule has 1 aromatic carbocycles. The molecule has 0 radical (unpaired) electrons. The molecular weight excluding hydrogens is 216 g/mol. The second kappa shape index (κ2) is 4.08. The molecule has 1 rings (SSSR count). The summed E-state index contributed by atoms with van der Waals surface area (Å²) in [5.74, 6) is 0.330. The number of hydrogen-bond acceptors (Lipinski definition) is 4. The van der Waals surface area contributed by atoms with E-state index in [0.29, 0.717) is 5.75 Å². The molecule has 0 unspecified atom stereocenters. The van der Waals surface area contributed by atoms with Crippen LogP contribution < -0.4 is 15.6 Å². The van der Waals surface area contributed by atoms with E-state index in [1.54, 1.807) is 6.07 Å².